The van der Waals surface area contributed by atoms with Crippen molar-refractivity contribution in [3.63, 3.8) is 0 Å². The van der Waals surface area contributed by atoms with Gasteiger partial charge in [0.05, 0.1) is 6.10 Å². The van der Waals surface area contributed by atoms with E-state index >= 15 is 0 Å². The average molecular weight is 272 g/mol. The highest BCUT2D eigenvalue weighted by Gasteiger charge is 2.25. The minimum absolute atomic E-state index is 0.325. The van der Waals surface area contributed by atoms with Crippen LogP contribution in [-0.2, 0) is 4.79 Å². The zero-order chi connectivity index (χ0) is 13.9. The van der Waals surface area contributed by atoms with Crippen LogP contribution in [0, 0.1) is 6.92 Å². The summed E-state index contributed by atoms with van der Waals surface area (Å²) < 4.78 is 0. The highest BCUT2D eigenvalue weighted by molar-refractivity contribution is 6.30. The fourth-order valence-electron chi connectivity index (χ4n) is 1.49. The van der Waals surface area contributed by atoms with Gasteiger partial charge in [-0.1, -0.05) is 11.6 Å². The topological polar surface area (TPSA) is 86.6 Å². The number of carbonyl (C=O) groups is 2. The van der Waals surface area contributed by atoms with Gasteiger partial charge < -0.3 is 15.5 Å². The lowest BCUT2D eigenvalue weighted by Gasteiger charge is -2.17. The molecule has 0 fully saturated rings. The lowest BCUT2D eigenvalue weighted by Crippen LogP contribution is -2.47. The Labute approximate surface area is 109 Å². The molecule has 0 saturated carbocycles. The Morgan fingerprint density at radius 2 is 2.00 bits per heavy atom. The van der Waals surface area contributed by atoms with Crippen LogP contribution < -0.4 is 5.32 Å². The predicted octanol–water partition coefficient (Wildman–Crippen LogP) is 1.21. The Balaban J connectivity index is 2.91. The fraction of sp³-hybridized carbons (Fsp3) is 0.333. The monoisotopic (exact) mass is 271 g/mol. The van der Waals surface area contributed by atoms with Crippen LogP contribution >= 0.6 is 11.6 Å². The number of aryl methyl sites for hydroxylation is 1. The summed E-state index contributed by atoms with van der Waals surface area (Å²) in [4.78, 5) is 22.7. The normalized spacial score (nSPS) is 13.8. The number of rotatable bonds is 4. The van der Waals surface area contributed by atoms with E-state index in [-0.39, 0.29) is 0 Å². The average Bonchev–Trinajstić information content (AvgIpc) is 2.24. The minimum atomic E-state index is -1.34. The van der Waals surface area contributed by atoms with Crippen molar-refractivity contribution in [2.75, 3.05) is 0 Å². The lowest BCUT2D eigenvalue weighted by molar-refractivity contribution is -0.141. The van der Waals surface area contributed by atoms with Gasteiger partial charge in [-0.3, -0.25) is 4.79 Å². The first-order chi connectivity index (χ1) is 8.32. The van der Waals surface area contributed by atoms with E-state index in [1.165, 1.54) is 13.0 Å². The van der Waals surface area contributed by atoms with E-state index < -0.39 is 24.0 Å². The Morgan fingerprint density at radius 3 is 2.44 bits per heavy atom. The van der Waals surface area contributed by atoms with Crippen molar-refractivity contribution in [1.29, 1.82) is 0 Å². The summed E-state index contributed by atoms with van der Waals surface area (Å²) in [7, 11) is 0. The second-order valence-corrected chi connectivity index (χ2v) is 4.43. The van der Waals surface area contributed by atoms with Gasteiger partial charge in [-0.25, -0.2) is 4.79 Å². The number of carboxylic acids is 1. The standard InChI is InChI=1S/C12H14ClNO4/c1-6-5-8(13)3-4-9(6)11(16)14-10(7(2)15)12(17)18/h3-5,7,10,15H,1-2H3,(H,14,16)(H,17,18). The van der Waals surface area contributed by atoms with Crippen LogP contribution in [0.3, 0.4) is 0 Å². The summed E-state index contributed by atoms with van der Waals surface area (Å²) >= 11 is 5.76. The molecule has 1 aromatic carbocycles. The van der Waals surface area contributed by atoms with Crippen LogP contribution in [0.1, 0.15) is 22.8 Å². The largest absolute Gasteiger partial charge is 0.480 e. The first kappa shape index (κ1) is 14.5. The third-order valence-electron chi connectivity index (χ3n) is 2.47. The van der Waals surface area contributed by atoms with E-state index in [0.29, 0.717) is 16.1 Å². The number of halogens is 1. The molecule has 1 amide bonds. The van der Waals surface area contributed by atoms with Gasteiger partial charge in [0.25, 0.3) is 5.91 Å². The van der Waals surface area contributed by atoms with Crippen LogP contribution in [0.2, 0.25) is 5.02 Å². The molecule has 1 rings (SSSR count). The van der Waals surface area contributed by atoms with Gasteiger partial charge in [0, 0.05) is 10.6 Å². The molecular weight excluding hydrogens is 258 g/mol. The van der Waals surface area contributed by atoms with Crippen molar-refractivity contribution < 1.29 is 19.8 Å². The van der Waals surface area contributed by atoms with Gasteiger partial charge in [0.2, 0.25) is 0 Å². The van der Waals surface area contributed by atoms with Gasteiger partial charge in [0.1, 0.15) is 0 Å². The minimum Gasteiger partial charge on any atom is -0.480 e. The molecule has 0 radical (unpaired) electrons. The van der Waals surface area contributed by atoms with Crippen LogP contribution in [0.15, 0.2) is 18.2 Å². The first-order valence-electron chi connectivity index (χ1n) is 5.31. The van der Waals surface area contributed by atoms with Gasteiger partial charge in [-0.05, 0) is 37.6 Å². The van der Waals surface area contributed by atoms with Crippen molar-refractivity contribution >= 4 is 23.5 Å². The summed E-state index contributed by atoms with van der Waals surface area (Å²) in [6.07, 6.45) is -1.18. The van der Waals surface area contributed by atoms with Crippen molar-refractivity contribution in [2.45, 2.75) is 26.0 Å². The van der Waals surface area contributed by atoms with Crippen LogP contribution in [0.4, 0.5) is 0 Å². The third kappa shape index (κ3) is 3.45. The number of benzene rings is 1. The van der Waals surface area contributed by atoms with Crippen molar-refractivity contribution in [3.8, 4) is 0 Å². The van der Waals surface area contributed by atoms with Crippen LogP contribution in [0.5, 0.6) is 0 Å². The van der Waals surface area contributed by atoms with E-state index in [1.807, 2.05) is 0 Å². The number of hydrogen-bond acceptors (Lipinski definition) is 3. The molecule has 0 bridgehead atoms. The second kappa shape index (κ2) is 5.84. The molecule has 0 aliphatic rings. The third-order valence-corrected chi connectivity index (χ3v) is 2.70. The summed E-state index contributed by atoms with van der Waals surface area (Å²) in [6.45, 7) is 2.99. The van der Waals surface area contributed by atoms with Crippen LogP contribution in [0.25, 0.3) is 0 Å². The van der Waals surface area contributed by atoms with E-state index in [4.69, 9.17) is 16.7 Å². The van der Waals surface area contributed by atoms with Gasteiger partial charge in [0.15, 0.2) is 6.04 Å². The fourth-order valence-corrected chi connectivity index (χ4v) is 1.72. The highest BCUT2D eigenvalue weighted by Crippen LogP contribution is 2.15. The molecule has 0 spiro atoms. The smallest absolute Gasteiger partial charge is 0.328 e. The molecule has 3 N–H and O–H groups in total. The van der Waals surface area contributed by atoms with Gasteiger partial charge in [-0.2, -0.15) is 0 Å². The molecule has 0 saturated heterocycles. The predicted molar refractivity (Wildman–Crippen MR) is 66.8 cm³/mol. The van der Waals surface area contributed by atoms with Crippen LogP contribution in [-0.4, -0.2) is 34.2 Å². The Morgan fingerprint density at radius 1 is 1.39 bits per heavy atom. The Bertz CT molecular complexity index is 473. The van der Waals surface area contributed by atoms with E-state index in [0.717, 1.165) is 0 Å². The summed E-state index contributed by atoms with van der Waals surface area (Å²) in [6, 6.07) is 3.32. The maximum Gasteiger partial charge on any atom is 0.328 e. The number of amides is 1. The number of aliphatic hydroxyl groups is 1. The van der Waals surface area contributed by atoms with E-state index in [2.05, 4.69) is 5.32 Å². The Kier molecular flexibility index (Phi) is 4.69. The first-order valence-corrected chi connectivity index (χ1v) is 5.68. The maximum absolute atomic E-state index is 11.9. The number of aliphatic carboxylic acids is 1. The number of carboxylic acid groups (broad SMARTS) is 1. The molecule has 6 heteroatoms. The summed E-state index contributed by atoms with van der Waals surface area (Å²) in [5.41, 5.74) is 0.959. The SMILES string of the molecule is Cc1cc(Cl)ccc1C(=O)NC(C(=O)O)C(C)O. The summed E-state index contributed by atoms with van der Waals surface area (Å²) in [5.74, 6) is -1.84. The van der Waals surface area contributed by atoms with Crippen molar-refractivity contribution in [2.24, 2.45) is 0 Å². The number of carbonyl (C=O) groups excluding carboxylic acids is 1. The quantitative estimate of drug-likeness (QED) is 0.768. The van der Waals surface area contributed by atoms with Gasteiger partial charge in [-0.15, -0.1) is 0 Å². The molecule has 2 atom stereocenters. The molecule has 18 heavy (non-hydrogen) atoms. The molecule has 5 nitrogen and oxygen atoms in total. The Hall–Kier alpha value is -1.59. The highest BCUT2D eigenvalue weighted by atomic mass is 35.5. The lowest BCUT2D eigenvalue weighted by atomic mass is 10.1. The molecule has 0 aliphatic heterocycles. The van der Waals surface area contributed by atoms with Crippen molar-refractivity contribution in [3.05, 3.63) is 34.3 Å². The molecular formula is C12H14ClNO4. The molecule has 98 valence electrons. The molecule has 1 aromatic rings. The molecule has 2 unspecified atom stereocenters. The van der Waals surface area contributed by atoms with E-state index in [9.17, 15) is 14.7 Å². The summed E-state index contributed by atoms with van der Waals surface area (Å²) in [5, 5.41) is 20.9. The van der Waals surface area contributed by atoms with E-state index in [1.54, 1.807) is 19.1 Å². The molecule has 0 heterocycles. The zero-order valence-electron chi connectivity index (χ0n) is 9.98. The number of nitrogens with one attached hydrogen (secondary N) is 1. The van der Waals surface area contributed by atoms with Crippen molar-refractivity contribution in [1.82, 2.24) is 5.32 Å². The number of hydrogen-bond donors (Lipinski definition) is 3. The molecule has 0 aliphatic carbocycles. The second-order valence-electron chi connectivity index (χ2n) is 3.99. The van der Waals surface area contributed by atoms with Gasteiger partial charge >= 0.3 is 5.97 Å². The maximum atomic E-state index is 11.9. The molecule has 0 aromatic heterocycles. The zero-order valence-corrected chi connectivity index (χ0v) is 10.7. The number of aliphatic hydroxyl groups excluding tert-OH is 1.